The van der Waals surface area contributed by atoms with Crippen LogP contribution in [0.5, 0.6) is 5.75 Å². The van der Waals surface area contributed by atoms with Gasteiger partial charge in [0, 0.05) is 24.0 Å². The van der Waals surface area contributed by atoms with Crippen LogP contribution in [-0.4, -0.2) is 31.3 Å². The number of aliphatic imine (C=N–C) groups is 1. The summed E-state index contributed by atoms with van der Waals surface area (Å²) in [6, 6.07) is 7.12. The highest BCUT2D eigenvalue weighted by atomic mass is 32.1. The molecule has 174 valence electrons. The fourth-order valence-corrected chi connectivity index (χ4v) is 3.33. The molecule has 3 rings (SSSR count). The number of allylic oxidation sites excluding steroid dienone is 2. The molecule has 0 aliphatic carbocycles. The lowest BCUT2D eigenvalue weighted by molar-refractivity contribution is -0.116. The van der Waals surface area contributed by atoms with Crippen molar-refractivity contribution in [3.63, 3.8) is 0 Å². The molecule has 0 bridgehead atoms. The molecular formula is C23H31FN4O3S. The number of fused-ring (bicyclic) bond motifs is 1. The van der Waals surface area contributed by atoms with Gasteiger partial charge in [0.1, 0.15) is 11.4 Å². The number of thiophene rings is 1. The summed E-state index contributed by atoms with van der Waals surface area (Å²) in [7, 11) is 1.53. The topological polar surface area (TPSA) is 106 Å². The van der Waals surface area contributed by atoms with Crippen LogP contribution < -0.4 is 21.1 Å². The normalized spacial score (nSPS) is 13.1. The lowest BCUT2D eigenvalue weighted by atomic mass is 10.2. The van der Waals surface area contributed by atoms with E-state index in [0.717, 1.165) is 17.7 Å². The molecule has 0 radical (unpaired) electrons. The first-order valence-corrected chi connectivity index (χ1v) is 11.2. The molecule has 2 heterocycles. The number of carbonyl (C=O) groups excluding carboxylic acids is 2. The van der Waals surface area contributed by atoms with E-state index in [1.54, 1.807) is 24.3 Å². The van der Waals surface area contributed by atoms with Gasteiger partial charge in [-0.2, -0.15) is 0 Å². The summed E-state index contributed by atoms with van der Waals surface area (Å²) in [4.78, 5) is 27.1. The van der Waals surface area contributed by atoms with Crippen molar-refractivity contribution in [2.45, 2.75) is 40.5 Å². The molecule has 9 heteroatoms. The van der Waals surface area contributed by atoms with E-state index in [-0.39, 0.29) is 23.9 Å². The number of ether oxygens (including phenoxy) is 1. The van der Waals surface area contributed by atoms with Crippen LogP contribution in [0.25, 0.3) is 0 Å². The lowest BCUT2D eigenvalue weighted by Gasteiger charge is -2.09. The number of carbonyl (C=O) groups is 2. The number of rotatable bonds is 3. The van der Waals surface area contributed by atoms with Crippen molar-refractivity contribution in [2.75, 3.05) is 19.0 Å². The summed E-state index contributed by atoms with van der Waals surface area (Å²) in [5.74, 6) is -0.618. The van der Waals surface area contributed by atoms with Crippen LogP contribution in [0.4, 0.5) is 10.1 Å². The van der Waals surface area contributed by atoms with E-state index >= 15 is 0 Å². The first kappa shape index (κ1) is 26.8. The van der Waals surface area contributed by atoms with Crippen LogP contribution in [0.2, 0.25) is 0 Å². The molecule has 1 aliphatic heterocycles. The molecule has 0 fully saturated rings. The molecule has 0 spiro atoms. The molecule has 1 aromatic carbocycles. The first-order chi connectivity index (χ1) is 15.3. The zero-order chi connectivity index (χ0) is 24.1. The molecule has 0 saturated carbocycles. The van der Waals surface area contributed by atoms with Crippen molar-refractivity contribution in [3.8, 4) is 5.75 Å². The Balaban J connectivity index is 0.000000299. The Bertz CT molecular complexity index is 956. The molecule has 1 aromatic heterocycles. The minimum atomic E-state index is -0.548. The van der Waals surface area contributed by atoms with Crippen molar-refractivity contribution in [1.82, 2.24) is 5.32 Å². The smallest absolute Gasteiger partial charge is 0.284 e. The van der Waals surface area contributed by atoms with Crippen LogP contribution in [0.1, 0.15) is 37.6 Å². The van der Waals surface area contributed by atoms with Crippen LogP contribution in [0, 0.1) is 12.7 Å². The van der Waals surface area contributed by atoms with E-state index in [2.05, 4.69) is 15.6 Å². The number of nitrogens with two attached hydrogens (primary N) is 1. The minimum Gasteiger partial charge on any atom is -0.491 e. The Morgan fingerprint density at radius 3 is 2.69 bits per heavy atom. The monoisotopic (exact) mass is 462 g/mol. The molecule has 2 aromatic rings. The van der Waals surface area contributed by atoms with Gasteiger partial charge in [0.25, 0.3) is 5.91 Å². The predicted octanol–water partition coefficient (Wildman–Crippen LogP) is 4.18. The van der Waals surface area contributed by atoms with Gasteiger partial charge in [0.15, 0.2) is 11.7 Å². The van der Waals surface area contributed by atoms with Crippen molar-refractivity contribution < 1.29 is 18.7 Å². The second kappa shape index (κ2) is 14.0. The van der Waals surface area contributed by atoms with Crippen LogP contribution >= 0.6 is 11.3 Å². The summed E-state index contributed by atoms with van der Waals surface area (Å²) in [6.07, 6.45) is 2.92. The largest absolute Gasteiger partial charge is 0.491 e. The fourth-order valence-electron chi connectivity index (χ4n) is 2.60. The molecule has 4 N–H and O–H groups in total. The number of hydrogen-bond acceptors (Lipinski definition) is 5. The summed E-state index contributed by atoms with van der Waals surface area (Å²) in [5, 5.41) is 7.43. The maximum absolute atomic E-state index is 13.4. The van der Waals surface area contributed by atoms with Crippen molar-refractivity contribution in [1.29, 1.82) is 0 Å². The number of benzene rings is 1. The Morgan fingerprint density at radius 2 is 2.12 bits per heavy atom. The third-order valence-electron chi connectivity index (χ3n) is 4.08. The van der Waals surface area contributed by atoms with Crippen LogP contribution in [-0.2, 0) is 16.0 Å². The van der Waals surface area contributed by atoms with Gasteiger partial charge >= 0.3 is 0 Å². The quantitative estimate of drug-likeness (QED) is 0.470. The zero-order valence-corrected chi connectivity index (χ0v) is 19.9. The highest BCUT2D eigenvalue weighted by Crippen LogP contribution is 2.31. The molecule has 0 atom stereocenters. The van der Waals surface area contributed by atoms with Gasteiger partial charge in [-0.05, 0) is 43.0 Å². The van der Waals surface area contributed by atoms with Crippen molar-refractivity contribution in [2.24, 2.45) is 10.7 Å². The number of amidine groups is 1. The Labute approximate surface area is 192 Å². The number of aryl methyl sites for hydroxylation is 1. The number of nitrogens with one attached hydrogen (secondary N) is 2. The van der Waals surface area contributed by atoms with E-state index in [9.17, 15) is 14.0 Å². The third-order valence-corrected chi connectivity index (χ3v) is 4.96. The molecule has 1 aliphatic rings. The SMILES string of the molecule is C/C=C(/Cc1cccs1)NC(=NC)C(N)=O.CC.Cc1cc(F)c2c(c1)OCCC(=O)N2. The van der Waals surface area contributed by atoms with Gasteiger partial charge in [-0.3, -0.25) is 14.6 Å². The average molecular weight is 463 g/mol. The second-order valence-electron chi connectivity index (χ2n) is 6.40. The van der Waals surface area contributed by atoms with E-state index in [1.165, 1.54) is 18.0 Å². The fraction of sp³-hybridized carbons (Fsp3) is 0.348. The van der Waals surface area contributed by atoms with Gasteiger partial charge in [-0.15, -0.1) is 11.3 Å². The highest BCUT2D eigenvalue weighted by molar-refractivity contribution is 7.09. The summed E-state index contributed by atoms with van der Waals surface area (Å²) < 4.78 is 18.6. The molecule has 2 amide bonds. The number of nitrogens with zero attached hydrogens (tertiary/aromatic N) is 1. The van der Waals surface area contributed by atoms with Crippen molar-refractivity contribution >= 4 is 34.7 Å². The summed E-state index contributed by atoms with van der Waals surface area (Å²) >= 11 is 1.67. The molecule has 7 nitrogen and oxygen atoms in total. The van der Waals surface area contributed by atoms with Gasteiger partial charge in [0.2, 0.25) is 5.91 Å². The maximum Gasteiger partial charge on any atom is 0.284 e. The number of primary amides is 1. The van der Waals surface area contributed by atoms with Crippen LogP contribution in [0.3, 0.4) is 0 Å². The number of halogens is 1. The van der Waals surface area contributed by atoms with E-state index in [0.29, 0.717) is 12.4 Å². The van der Waals surface area contributed by atoms with Crippen LogP contribution in [0.15, 0.2) is 46.4 Å². The minimum absolute atomic E-state index is 0.151. The molecular weight excluding hydrogens is 431 g/mol. The van der Waals surface area contributed by atoms with E-state index in [1.807, 2.05) is 44.4 Å². The molecule has 32 heavy (non-hydrogen) atoms. The predicted molar refractivity (Wildman–Crippen MR) is 129 cm³/mol. The second-order valence-corrected chi connectivity index (χ2v) is 7.43. The number of amides is 2. The molecule has 0 unspecified atom stereocenters. The van der Waals surface area contributed by atoms with E-state index in [4.69, 9.17) is 10.5 Å². The summed E-state index contributed by atoms with van der Waals surface area (Å²) in [5.41, 5.74) is 7.01. The highest BCUT2D eigenvalue weighted by Gasteiger charge is 2.17. The van der Waals surface area contributed by atoms with Gasteiger partial charge in [-0.1, -0.05) is 26.0 Å². The Morgan fingerprint density at radius 1 is 1.41 bits per heavy atom. The first-order valence-electron chi connectivity index (χ1n) is 10.3. The average Bonchev–Trinajstić information content (AvgIpc) is 3.20. The van der Waals surface area contributed by atoms with Gasteiger partial charge < -0.3 is 21.1 Å². The zero-order valence-electron chi connectivity index (χ0n) is 19.1. The maximum atomic E-state index is 13.4. The van der Waals surface area contributed by atoms with E-state index < -0.39 is 11.7 Å². The summed E-state index contributed by atoms with van der Waals surface area (Å²) in [6.45, 7) is 7.98. The van der Waals surface area contributed by atoms with Gasteiger partial charge in [0.05, 0.1) is 13.0 Å². The lowest BCUT2D eigenvalue weighted by Crippen LogP contribution is -2.36. The number of hydrogen-bond donors (Lipinski definition) is 3. The molecule has 0 saturated heterocycles. The van der Waals surface area contributed by atoms with Crippen molar-refractivity contribution in [3.05, 3.63) is 57.7 Å². The number of anilines is 1. The third kappa shape index (κ3) is 8.50. The Kier molecular flexibility index (Phi) is 11.7. The standard InChI is InChI=1S/C11H15N3OS.C10H10FNO2.C2H6/c1-3-8(7-9-5-4-6-16-9)14-11(13-2)10(12)15;1-6-4-7(11)10-8(5-6)14-3-2-9(13)12-10;1-2/h3-6H,7H2,1-2H3,(H2,12,15)(H,13,14);4-5H,2-3H2,1H3,(H,12,13);1-2H3/b8-3-;;. The van der Waals surface area contributed by atoms with Gasteiger partial charge in [-0.25, -0.2) is 4.39 Å². The Hall–Kier alpha value is -3.20.